The molecular formula is C20H22FN3O2. The van der Waals surface area contributed by atoms with E-state index in [9.17, 15) is 9.18 Å². The van der Waals surface area contributed by atoms with Gasteiger partial charge < -0.3 is 19.9 Å². The second kappa shape index (κ2) is 7.23. The quantitative estimate of drug-likeness (QED) is 0.901. The summed E-state index contributed by atoms with van der Waals surface area (Å²) in [5, 5.41) is 3.06. The van der Waals surface area contributed by atoms with Crippen LogP contribution < -0.4 is 15.0 Å². The number of nitrogens with one attached hydrogen (secondary N) is 1. The van der Waals surface area contributed by atoms with E-state index in [-0.39, 0.29) is 17.9 Å². The van der Waals surface area contributed by atoms with Crippen LogP contribution in [0.2, 0.25) is 0 Å². The first-order chi connectivity index (χ1) is 12.7. The third-order valence-electron chi connectivity index (χ3n) is 4.97. The van der Waals surface area contributed by atoms with Gasteiger partial charge in [0.05, 0.1) is 11.7 Å². The maximum atomic E-state index is 13.9. The van der Waals surface area contributed by atoms with E-state index in [2.05, 4.69) is 5.32 Å². The van der Waals surface area contributed by atoms with Crippen molar-refractivity contribution in [1.29, 1.82) is 0 Å². The van der Waals surface area contributed by atoms with Gasteiger partial charge in [-0.3, -0.25) is 0 Å². The fraction of sp³-hybridized carbons (Fsp3) is 0.350. The van der Waals surface area contributed by atoms with Gasteiger partial charge in [-0.15, -0.1) is 0 Å². The molecule has 0 aliphatic carbocycles. The third-order valence-corrected chi connectivity index (χ3v) is 4.97. The Labute approximate surface area is 152 Å². The molecule has 0 spiro atoms. The lowest BCUT2D eigenvalue weighted by molar-refractivity contribution is 0.178. The molecule has 136 valence electrons. The van der Waals surface area contributed by atoms with Crippen LogP contribution in [0.3, 0.4) is 0 Å². The minimum Gasteiger partial charge on any atom is -0.491 e. The molecule has 0 radical (unpaired) electrons. The molecule has 2 amide bonds. The number of ether oxygens (including phenoxy) is 1. The van der Waals surface area contributed by atoms with Crippen LogP contribution in [0.25, 0.3) is 0 Å². The normalized spacial score (nSPS) is 19.5. The van der Waals surface area contributed by atoms with Crippen LogP contribution in [-0.2, 0) is 6.42 Å². The Balaban J connectivity index is 1.31. The second-order valence-corrected chi connectivity index (χ2v) is 6.69. The standard InChI is InChI=1S/C20H22FN3O2/c21-17-6-2-3-7-18(17)23-9-11-24(12-10-23)20(25)22-16-13-15-5-1-4-8-19(15)26-14-16/h1-8,16H,9-14H2,(H,22,25)/t16-/m0/s1. The molecule has 2 heterocycles. The lowest BCUT2D eigenvalue weighted by atomic mass is 10.0. The van der Waals surface area contributed by atoms with Crippen LogP contribution in [0.4, 0.5) is 14.9 Å². The highest BCUT2D eigenvalue weighted by Crippen LogP contribution is 2.24. The number of halogens is 1. The summed E-state index contributed by atoms with van der Waals surface area (Å²) in [7, 11) is 0. The van der Waals surface area contributed by atoms with Gasteiger partial charge in [0.1, 0.15) is 18.2 Å². The van der Waals surface area contributed by atoms with Gasteiger partial charge in [-0.05, 0) is 30.2 Å². The summed E-state index contributed by atoms with van der Waals surface area (Å²) in [5.74, 6) is 0.680. The van der Waals surface area contributed by atoms with Crippen molar-refractivity contribution in [1.82, 2.24) is 10.2 Å². The number of fused-ring (bicyclic) bond motifs is 1. The summed E-state index contributed by atoms with van der Waals surface area (Å²) in [6.45, 7) is 2.88. The fourth-order valence-corrected chi connectivity index (χ4v) is 3.55. The van der Waals surface area contributed by atoms with Crippen molar-refractivity contribution >= 4 is 11.7 Å². The minimum absolute atomic E-state index is 0.0259. The van der Waals surface area contributed by atoms with Crippen molar-refractivity contribution in [2.24, 2.45) is 0 Å². The Kier molecular flexibility index (Phi) is 4.65. The molecule has 0 aromatic heterocycles. The van der Waals surface area contributed by atoms with E-state index in [1.807, 2.05) is 35.2 Å². The Morgan fingerprint density at radius 3 is 2.58 bits per heavy atom. The summed E-state index contributed by atoms with van der Waals surface area (Å²) >= 11 is 0. The van der Waals surface area contributed by atoms with E-state index < -0.39 is 0 Å². The first-order valence-electron chi connectivity index (χ1n) is 8.96. The number of piperazine rings is 1. The number of benzene rings is 2. The molecule has 1 saturated heterocycles. The first kappa shape index (κ1) is 16.7. The number of rotatable bonds is 2. The molecule has 0 bridgehead atoms. The summed E-state index contributed by atoms with van der Waals surface area (Å²) in [5.41, 5.74) is 1.72. The van der Waals surface area contributed by atoms with Crippen LogP contribution in [0.5, 0.6) is 5.75 Å². The predicted octanol–water partition coefficient (Wildman–Crippen LogP) is 2.66. The highest BCUT2D eigenvalue weighted by Gasteiger charge is 2.26. The van der Waals surface area contributed by atoms with Crippen LogP contribution >= 0.6 is 0 Å². The van der Waals surface area contributed by atoms with Gasteiger partial charge in [0.2, 0.25) is 0 Å². The molecule has 6 heteroatoms. The summed E-state index contributed by atoms with van der Waals surface area (Å²) in [6, 6.07) is 14.6. The highest BCUT2D eigenvalue weighted by molar-refractivity contribution is 5.75. The number of urea groups is 1. The van der Waals surface area contributed by atoms with Crippen LogP contribution in [0.15, 0.2) is 48.5 Å². The Morgan fingerprint density at radius 1 is 1.04 bits per heavy atom. The number of hydrogen-bond donors (Lipinski definition) is 1. The number of amides is 2. The molecule has 2 aliphatic heterocycles. The number of carbonyl (C=O) groups excluding carboxylic acids is 1. The SMILES string of the molecule is O=C(N[C@@H]1COc2ccccc2C1)N1CCN(c2ccccc2F)CC1. The molecule has 1 N–H and O–H groups in total. The van der Waals surface area contributed by atoms with Crippen molar-refractivity contribution < 1.29 is 13.9 Å². The minimum atomic E-state index is -0.219. The Morgan fingerprint density at radius 2 is 1.77 bits per heavy atom. The molecule has 4 rings (SSSR count). The van der Waals surface area contributed by atoms with Gasteiger partial charge in [-0.25, -0.2) is 9.18 Å². The molecule has 0 unspecified atom stereocenters. The maximum Gasteiger partial charge on any atom is 0.317 e. The Hall–Kier alpha value is -2.76. The zero-order valence-corrected chi connectivity index (χ0v) is 14.5. The third kappa shape index (κ3) is 3.45. The lowest BCUT2D eigenvalue weighted by Crippen LogP contribution is -2.55. The van der Waals surface area contributed by atoms with Crippen LogP contribution in [-0.4, -0.2) is 49.8 Å². The maximum absolute atomic E-state index is 13.9. The summed E-state index contributed by atoms with van der Waals surface area (Å²) in [4.78, 5) is 16.3. The van der Waals surface area contributed by atoms with E-state index in [1.54, 1.807) is 17.0 Å². The zero-order valence-electron chi connectivity index (χ0n) is 14.5. The number of para-hydroxylation sites is 2. The highest BCUT2D eigenvalue weighted by atomic mass is 19.1. The van der Waals surface area contributed by atoms with Gasteiger partial charge in [0.25, 0.3) is 0 Å². The van der Waals surface area contributed by atoms with Crippen molar-refractivity contribution in [3.8, 4) is 5.75 Å². The zero-order chi connectivity index (χ0) is 17.9. The fourth-order valence-electron chi connectivity index (χ4n) is 3.55. The molecule has 5 nitrogen and oxygen atoms in total. The molecule has 2 aromatic rings. The molecule has 26 heavy (non-hydrogen) atoms. The van der Waals surface area contributed by atoms with Crippen LogP contribution in [0.1, 0.15) is 5.56 Å². The molecular weight excluding hydrogens is 333 g/mol. The van der Waals surface area contributed by atoms with Gasteiger partial charge in [-0.1, -0.05) is 30.3 Å². The van der Waals surface area contributed by atoms with Crippen molar-refractivity contribution in [3.05, 3.63) is 59.9 Å². The molecule has 2 aromatic carbocycles. The average Bonchev–Trinajstić information content (AvgIpc) is 2.68. The monoisotopic (exact) mass is 355 g/mol. The average molecular weight is 355 g/mol. The van der Waals surface area contributed by atoms with Gasteiger partial charge in [0, 0.05) is 26.2 Å². The first-order valence-corrected chi connectivity index (χ1v) is 8.96. The number of nitrogens with zero attached hydrogens (tertiary/aromatic N) is 2. The summed E-state index contributed by atoms with van der Waals surface area (Å²) in [6.07, 6.45) is 0.775. The number of hydrogen-bond acceptors (Lipinski definition) is 3. The van der Waals surface area contributed by atoms with E-state index in [0.29, 0.717) is 38.5 Å². The molecule has 0 saturated carbocycles. The van der Waals surface area contributed by atoms with Gasteiger partial charge in [-0.2, -0.15) is 0 Å². The number of anilines is 1. The van der Waals surface area contributed by atoms with Crippen molar-refractivity contribution in [2.75, 3.05) is 37.7 Å². The molecule has 2 aliphatic rings. The molecule has 1 atom stereocenters. The van der Waals surface area contributed by atoms with E-state index in [4.69, 9.17) is 4.74 Å². The predicted molar refractivity (Wildman–Crippen MR) is 98.1 cm³/mol. The van der Waals surface area contributed by atoms with E-state index in [1.165, 1.54) is 6.07 Å². The second-order valence-electron chi connectivity index (χ2n) is 6.69. The van der Waals surface area contributed by atoms with Crippen LogP contribution in [0, 0.1) is 5.82 Å². The lowest BCUT2D eigenvalue weighted by Gasteiger charge is -2.37. The number of carbonyl (C=O) groups is 1. The smallest absolute Gasteiger partial charge is 0.317 e. The van der Waals surface area contributed by atoms with E-state index >= 15 is 0 Å². The summed E-state index contributed by atoms with van der Waals surface area (Å²) < 4.78 is 19.6. The largest absolute Gasteiger partial charge is 0.491 e. The Bertz CT molecular complexity index is 790. The van der Waals surface area contributed by atoms with Gasteiger partial charge in [0.15, 0.2) is 0 Å². The van der Waals surface area contributed by atoms with Gasteiger partial charge >= 0.3 is 6.03 Å². The van der Waals surface area contributed by atoms with Crippen molar-refractivity contribution in [2.45, 2.75) is 12.5 Å². The van der Waals surface area contributed by atoms with E-state index in [0.717, 1.165) is 17.7 Å². The topological polar surface area (TPSA) is 44.8 Å². The van der Waals surface area contributed by atoms with Crippen molar-refractivity contribution in [3.63, 3.8) is 0 Å². The molecule has 1 fully saturated rings.